The lowest BCUT2D eigenvalue weighted by Crippen LogP contribution is -2.25. The molecule has 0 aliphatic heterocycles. The van der Waals surface area contributed by atoms with Crippen LogP contribution in [-0.2, 0) is 9.22 Å². The summed E-state index contributed by atoms with van der Waals surface area (Å²) >= 11 is 0. The van der Waals surface area contributed by atoms with E-state index in [2.05, 4.69) is 0 Å². The predicted octanol–water partition coefficient (Wildman–Crippen LogP) is 2.22. The molecule has 0 fully saturated rings. The van der Waals surface area contributed by atoms with Crippen LogP contribution in [-0.4, -0.2) is 19.4 Å². The van der Waals surface area contributed by atoms with Crippen molar-refractivity contribution in [2.75, 3.05) is 0 Å². The molecule has 0 rings (SSSR count). The molecule has 70 valence electrons. The second-order valence-corrected chi connectivity index (χ2v) is 8.13. The largest absolute Gasteiger partial charge is 0.547 e. The van der Waals surface area contributed by atoms with Crippen molar-refractivity contribution in [3.05, 3.63) is 11.3 Å². The smallest absolute Gasteiger partial charge is 0.334 e. The van der Waals surface area contributed by atoms with E-state index >= 15 is 0 Å². The van der Waals surface area contributed by atoms with Gasteiger partial charge in [0.1, 0.15) is 0 Å². The second-order valence-electron chi connectivity index (χ2n) is 3.70. The second kappa shape index (κ2) is 3.76. The van der Waals surface area contributed by atoms with Gasteiger partial charge < -0.3 is 9.53 Å². The zero-order chi connectivity index (χ0) is 9.94. The molecule has 0 aromatic carbocycles. The van der Waals surface area contributed by atoms with Gasteiger partial charge in [0, 0.05) is 0 Å². The van der Waals surface area contributed by atoms with E-state index in [9.17, 15) is 4.79 Å². The number of carbonyl (C=O) groups is 1. The highest BCUT2D eigenvalue weighted by atomic mass is 28.4. The predicted molar refractivity (Wildman–Crippen MR) is 50.4 cm³/mol. The maximum Gasteiger partial charge on any atom is 0.334 e. The highest BCUT2D eigenvalue weighted by molar-refractivity contribution is 6.70. The molecule has 0 unspecified atom stereocenters. The van der Waals surface area contributed by atoms with Crippen LogP contribution in [0.25, 0.3) is 0 Å². The number of hydrogen-bond acceptors (Lipinski definition) is 2. The molecule has 0 aromatic heterocycles. The van der Waals surface area contributed by atoms with Crippen molar-refractivity contribution < 1.29 is 14.3 Å². The van der Waals surface area contributed by atoms with Crippen LogP contribution >= 0.6 is 0 Å². The van der Waals surface area contributed by atoms with E-state index in [1.165, 1.54) is 0 Å². The molecule has 0 atom stereocenters. The Bertz CT molecular complexity index is 213. The molecule has 0 aliphatic rings. The fourth-order valence-electron chi connectivity index (χ4n) is 0.686. The van der Waals surface area contributed by atoms with Crippen LogP contribution in [0.5, 0.6) is 0 Å². The van der Waals surface area contributed by atoms with Crippen LogP contribution in [0.3, 0.4) is 0 Å². The number of carboxylic acid groups (broad SMARTS) is 1. The first-order chi connectivity index (χ1) is 5.24. The lowest BCUT2D eigenvalue weighted by molar-refractivity contribution is -0.132. The van der Waals surface area contributed by atoms with E-state index in [0.29, 0.717) is 5.76 Å². The third kappa shape index (κ3) is 4.18. The minimum Gasteiger partial charge on any atom is -0.547 e. The molecular weight excluding hydrogens is 172 g/mol. The minimum absolute atomic E-state index is 0.289. The molecule has 0 aromatic rings. The Hall–Kier alpha value is -0.773. The normalized spacial score (nSPS) is 13.8. The van der Waals surface area contributed by atoms with Gasteiger partial charge in [0.2, 0.25) is 8.32 Å². The molecule has 0 amide bonds. The van der Waals surface area contributed by atoms with E-state index in [1.54, 1.807) is 13.8 Å². The standard InChI is InChI=1S/C8H16O3Si/c1-6(8(9)10)7(2)11-12(3,4)5/h1-5H3,(H,9,10). The number of allylic oxidation sites excluding steroid dienone is 1. The fraction of sp³-hybridized carbons (Fsp3) is 0.625. The molecule has 12 heavy (non-hydrogen) atoms. The number of carboxylic acids is 1. The molecule has 3 nitrogen and oxygen atoms in total. The van der Waals surface area contributed by atoms with Crippen LogP contribution in [0, 0.1) is 0 Å². The maximum atomic E-state index is 10.5. The van der Waals surface area contributed by atoms with Crippen LogP contribution in [0.2, 0.25) is 19.6 Å². The van der Waals surface area contributed by atoms with Gasteiger partial charge in [0.15, 0.2) is 0 Å². The quantitative estimate of drug-likeness (QED) is 0.419. The zero-order valence-electron chi connectivity index (χ0n) is 8.26. The van der Waals surface area contributed by atoms with E-state index in [1.807, 2.05) is 19.6 Å². The molecule has 0 saturated heterocycles. The first-order valence-corrected chi connectivity index (χ1v) is 7.24. The van der Waals surface area contributed by atoms with Crippen LogP contribution in [0.15, 0.2) is 11.3 Å². The molecule has 0 heterocycles. The van der Waals surface area contributed by atoms with Crippen molar-refractivity contribution in [3.63, 3.8) is 0 Å². The summed E-state index contributed by atoms with van der Waals surface area (Å²) in [6.45, 7) is 9.31. The van der Waals surface area contributed by atoms with Crippen molar-refractivity contribution in [1.82, 2.24) is 0 Å². The summed E-state index contributed by atoms with van der Waals surface area (Å²) in [6.07, 6.45) is 0. The minimum atomic E-state index is -1.65. The van der Waals surface area contributed by atoms with Gasteiger partial charge in [0.05, 0.1) is 11.3 Å². The van der Waals surface area contributed by atoms with Crippen LogP contribution in [0.4, 0.5) is 0 Å². The Balaban J connectivity index is 4.49. The maximum absolute atomic E-state index is 10.5. The number of aliphatic carboxylic acids is 1. The average molecular weight is 188 g/mol. The van der Waals surface area contributed by atoms with Gasteiger partial charge in [-0.2, -0.15) is 0 Å². The zero-order valence-corrected chi connectivity index (χ0v) is 9.26. The average Bonchev–Trinajstić information content (AvgIpc) is 1.82. The number of rotatable bonds is 3. The van der Waals surface area contributed by atoms with E-state index < -0.39 is 14.3 Å². The van der Waals surface area contributed by atoms with E-state index in [4.69, 9.17) is 9.53 Å². The first-order valence-electron chi connectivity index (χ1n) is 3.84. The molecule has 0 spiro atoms. The van der Waals surface area contributed by atoms with Crippen LogP contribution < -0.4 is 0 Å². The summed E-state index contributed by atoms with van der Waals surface area (Å²) in [5.41, 5.74) is 0.289. The van der Waals surface area contributed by atoms with Gasteiger partial charge in [-0.05, 0) is 33.5 Å². The Morgan fingerprint density at radius 3 is 1.92 bits per heavy atom. The van der Waals surface area contributed by atoms with Gasteiger partial charge in [-0.3, -0.25) is 0 Å². The first kappa shape index (κ1) is 11.2. The topological polar surface area (TPSA) is 46.5 Å². The van der Waals surface area contributed by atoms with Gasteiger partial charge in [-0.1, -0.05) is 0 Å². The van der Waals surface area contributed by atoms with Crippen molar-refractivity contribution >= 4 is 14.3 Å². The van der Waals surface area contributed by atoms with Crippen molar-refractivity contribution in [3.8, 4) is 0 Å². The van der Waals surface area contributed by atoms with Gasteiger partial charge in [-0.15, -0.1) is 0 Å². The molecule has 0 bridgehead atoms. The lowest BCUT2D eigenvalue weighted by Gasteiger charge is -2.20. The summed E-state index contributed by atoms with van der Waals surface area (Å²) in [4.78, 5) is 10.5. The molecule has 0 aliphatic carbocycles. The highest BCUT2D eigenvalue weighted by Gasteiger charge is 2.18. The van der Waals surface area contributed by atoms with E-state index in [0.717, 1.165) is 0 Å². The van der Waals surface area contributed by atoms with Gasteiger partial charge >= 0.3 is 5.97 Å². The molecule has 0 saturated carbocycles. The van der Waals surface area contributed by atoms with Crippen molar-refractivity contribution in [2.24, 2.45) is 0 Å². The third-order valence-corrected chi connectivity index (χ3v) is 2.23. The monoisotopic (exact) mass is 188 g/mol. The summed E-state index contributed by atoms with van der Waals surface area (Å²) in [5, 5.41) is 8.63. The van der Waals surface area contributed by atoms with Gasteiger partial charge in [0.25, 0.3) is 0 Å². The van der Waals surface area contributed by atoms with Gasteiger partial charge in [-0.25, -0.2) is 4.79 Å². The Morgan fingerprint density at radius 1 is 1.25 bits per heavy atom. The molecule has 1 N–H and O–H groups in total. The Morgan fingerprint density at radius 2 is 1.67 bits per heavy atom. The Labute approximate surface area is 74.2 Å². The molecule has 4 heteroatoms. The highest BCUT2D eigenvalue weighted by Crippen LogP contribution is 2.13. The number of hydrogen-bond donors (Lipinski definition) is 1. The van der Waals surface area contributed by atoms with Crippen LogP contribution in [0.1, 0.15) is 13.8 Å². The molecular formula is C8H16O3Si. The van der Waals surface area contributed by atoms with Crippen molar-refractivity contribution in [1.29, 1.82) is 0 Å². The molecule has 0 radical (unpaired) electrons. The lowest BCUT2D eigenvalue weighted by atomic mass is 10.3. The Kier molecular flexibility index (Phi) is 3.51. The third-order valence-electron chi connectivity index (χ3n) is 1.31. The van der Waals surface area contributed by atoms with Crippen molar-refractivity contribution in [2.45, 2.75) is 33.5 Å². The summed E-state index contributed by atoms with van der Waals surface area (Å²) in [5.74, 6) is -0.382. The summed E-state index contributed by atoms with van der Waals surface area (Å²) in [7, 11) is -1.65. The SMILES string of the molecule is CC(O[Si](C)(C)C)=C(C)C(=O)O. The van der Waals surface area contributed by atoms with E-state index in [-0.39, 0.29) is 5.57 Å². The fourth-order valence-corrected chi connectivity index (χ4v) is 1.76. The summed E-state index contributed by atoms with van der Waals surface area (Å²) < 4.78 is 5.50. The summed E-state index contributed by atoms with van der Waals surface area (Å²) in [6, 6.07) is 0.